The van der Waals surface area contributed by atoms with Crippen LogP contribution in [0.3, 0.4) is 0 Å². The molecule has 0 saturated carbocycles. The molecule has 0 atom stereocenters. The smallest absolute Gasteiger partial charge is 0.191 e. The molecular weight excluding hydrogens is 438 g/mol. The topological polar surface area (TPSA) is 49.3 Å². The lowest BCUT2D eigenvalue weighted by Gasteiger charge is -2.10. The number of benzene rings is 1. The van der Waals surface area contributed by atoms with E-state index in [1.54, 1.807) is 17.4 Å². The molecule has 1 heterocycles. The first kappa shape index (κ1) is 20.8. The minimum absolute atomic E-state index is 0. The maximum absolute atomic E-state index is 13.2. The van der Waals surface area contributed by atoms with Gasteiger partial charge in [0.1, 0.15) is 5.82 Å². The summed E-state index contributed by atoms with van der Waals surface area (Å²) in [6.45, 7) is 8.14. The van der Waals surface area contributed by atoms with Gasteiger partial charge in [0, 0.05) is 24.4 Å². The molecule has 0 fully saturated rings. The summed E-state index contributed by atoms with van der Waals surface area (Å²) in [6, 6.07) is 6.52. The second kappa shape index (κ2) is 10.6. The van der Waals surface area contributed by atoms with Crippen LogP contribution in [0.25, 0.3) is 0 Å². The normalized spacial score (nSPS) is 11.1. The van der Waals surface area contributed by atoms with Crippen molar-refractivity contribution in [2.75, 3.05) is 13.1 Å². The molecule has 0 unspecified atom stereocenters. The fourth-order valence-electron chi connectivity index (χ4n) is 2.08. The van der Waals surface area contributed by atoms with Crippen molar-refractivity contribution >= 4 is 41.3 Å². The molecule has 1 aromatic heterocycles. The lowest BCUT2D eigenvalue weighted by atomic mass is 10.2. The molecule has 0 bridgehead atoms. The number of guanidine groups is 1. The van der Waals surface area contributed by atoms with Crippen molar-refractivity contribution in [1.82, 2.24) is 15.6 Å². The fourth-order valence-corrected chi connectivity index (χ4v) is 3.01. The Morgan fingerprint density at radius 2 is 2.08 bits per heavy atom. The van der Waals surface area contributed by atoms with Gasteiger partial charge >= 0.3 is 0 Å². The molecule has 24 heavy (non-hydrogen) atoms. The van der Waals surface area contributed by atoms with Crippen LogP contribution in [0.5, 0.6) is 0 Å². The number of aryl methyl sites for hydroxylation is 2. The molecule has 7 heteroatoms. The minimum Gasteiger partial charge on any atom is -0.357 e. The van der Waals surface area contributed by atoms with Crippen molar-refractivity contribution in [2.24, 2.45) is 4.99 Å². The van der Waals surface area contributed by atoms with E-state index in [1.165, 1.54) is 17.0 Å². The molecule has 0 spiro atoms. The average molecular weight is 462 g/mol. The Bertz CT molecular complexity index is 653. The molecule has 1 aromatic carbocycles. The third kappa shape index (κ3) is 6.72. The van der Waals surface area contributed by atoms with Gasteiger partial charge in [-0.1, -0.05) is 12.1 Å². The van der Waals surface area contributed by atoms with Crippen LogP contribution in [0.1, 0.15) is 28.1 Å². The molecule has 0 aliphatic rings. The Labute approximate surface area is 164 Å². The Balaban J connectivity index is 0.00000288. The Kier molecular flexibility index (Phi) is 9.20. The number of hydrogen-bond acceptors (Lipinski definition) is 3. The third-order valence-electron chi connectivity index (χ3n) is 3.36. The Morgan fingerprint density at radius 1 is 1.29 bits per heavy atom. The van der Waals surface area contributed by atoms with Crippen molar-refractivity contribution in [2.45, 2.75) is 33.7 Å². The summed E-state index contributed by atoms with van der Waals surface area (Å²) in [5, 5.41) is 7.63. The molecule has 0 aliphatic carbocycles. The average Bonchev–Trinajstić information content (AvgIpc) is 2.83. The van der Waals surface area contributed by atoms with E-state index < -0.39 is 0 Å². The summed E-state index contributed by atoms with van der Waals surface area (Å²) in [6.07, 6.45) is 0.865. The first-order valence-corrected chi connectivity index (χ1v) is 8.59. The molecule has 2 rings (SSSR count). The highest BCUT2D eigenvalue weighted by Gasteiger charge is 2.04. The quantitative estimate of drug-likeness (QED) is 0.390. The maximum atomic E-state index is 13.2. The SMILES string of the molecule is CCNC(=NCc1cccc(F)c1)NCCc1nc(C)c(C)s1.I. The summed E-state index contributed by atoms with van der Waals surface area (Å²) >= 11 is 1.74. The summed E-state index contributed by atoms with van der Waals surface area (Å²) in [7, 11) is 0. The summed E-state index contributed by atoms with van der Waals surface area (Å²) in [5.74, 6) is 0.506. The van der Waals surface area contributed by atoms with Crippen LogP contribution in [-0.2, 0) is 13.0 Å². The molecule has 0 amide bonds. The number of halogens is 2. The number of rotatable bonds is 6. The second-order valence-corrected chi connectivity index (χ2v) is 6.54. The zero-order chi connectivity index (χ0) is 16.7. The largest absolute Gasteiger partial charge is 0.357 e. The van der Waals surface area contributed by atoms with Gasteiger partial charge in [0.05, 0.1) is 17.2 Å². The standard InChI is InChI=1S/C17H23FN4S.HI/c1-4-19-17(21-11-14-6-5-7-15(18)10-14)20-9-8-16-22-12(2)13(3)23-16;/h5-7,10H,4,8-9,11H2,1-3H3,(H2,19,20,21);1H. The van der Waals surface area contributed by atoms with E-state index in [-0.39, 0.29) is 29.8 Å². The molecule has 132 valence electrons. The van der Waals surface area contributed by atoms with Crippen molar-refractivity contribution in [3.63, 3.8) is 0 Å². The number of nitrogens with one attached hydrogen (secondary N) is 2. The van der Waals surface area contributed by atoms with Gasteiger partial charge in [0.2, 0.25) is 0 Å². The fraction of sp³-hybridized carbons (Fsp3) is 0.412. The van der Waals surface area contributed by atoms with E-state index in [0.717, 1.165) is 41.7 Å². The molecule has 0 saturated heterocycles. The van der Waals surface area contributed by atoms with Gasteiger partial charge < -0.3 is 10.6 Å². The van der Waals surface area contributed by atoms with Crippen molar-refractivity contribution in [3.8, 4) is 0 Å². The molecular formula is C17H24FIN4S. The van der Waals surface area contributed by atoms with Gasteiger partial charge in [0.15, 0.2) is 5.96 Å². The van der Waals surface area contributed by atoms with Crippen LogP contribution < -0.4 is 10.6 Å². The van der Waals surface area contributed by atoms with Crippen LogP contribution in [0.2, 0.25) is 0 Å². The highest BCUT2D eigenvalue weighted by Crippen LogP contribution is 2.16. The van der Waals surface area contributed by atoms with Crippen molar-refractivity contribution in [3.05, 3.63) is 51.2 Å². The molecule has 2 N–H and O–H groups in total. The zero-order valence-corrected chi connectivity index (χ0v) is 17.4. The molecule has 0 aliphatic heterocycles. The van der Waals surface area contributed by atoms with Gasteiger partial charge in [-0.15, -0.1) is 35.3 Å². The predicted octanol–water partition coefficient (Wildman–Crippen LogP) is 3.81. The van der Waals surface area contributed by atoms with Crippen LogP contribution in [0.4, 0.5) is 4.39 Å². The van der Waals surface area contributed by atoms with E-state index in [9.17, 15) is 4.39 Å². The highest BCUT2D eigenvalue weighted by atomic mass is 127. The van der Waals surface area contributed by atoms with Crippen LogP contribution in [0.15, 0.2) is 29.3 Å². The van der Waals surface area contributed by atoms with Crippen LogP contribution >= 0.6 is 35.3 Å². The molecule has 4 nitrogen and oxygen atoms in total. The van der Waals surface area contributed by atoms with Gasteiger partial charge in [-0.05, 0) is 38.5 Å². The summed E-state index contributed by atoms with van der Waals surface area (Å²) in [4.78, 5) is 10.3. The predicted molar refractivity (Wildman–Crippen MR) is 110 cm³/mol. The second-order valence-electron chi connectivity index (χ2n) is 5.25. The van der Waals surface area contributed by atoms with E-state index in [1.807, 2.05) is 19.9 Å². The highest BCUT2D eigenvalue weighted by molar-refractivity contribution is 14.0. The van der Waals surface area contributed by atoms with Crippen LogP contribution in [-0.4, -0.2) is 24.0 Å². The van der Waals surface area contributed by atoms with E-state index >= 15 is 0 Å². The van der Waals surface area contributed by atoms with E-state index in [2.05, 4.69) is 27.5 Å². The third-order valence-corrected chi connectivity index (χ3v) is 4.49. The van der Waals surface area contributed by atoms with Gasteiger partial charge in [-0.2, -0.15) is 0 Å². The van der Waals surface area contributed by atoms with E-state index in [4.69, 9.17) is 0 Å². The number of thiazole rings is 1. The molecule has 2 aromatic rings. The van der Waals surface area contributed by atoms with E-state index in [0.29, 0.717) is 6.54 Å². The zero-order valence-electron chi connectivity index (χ0n) is 14.2. The first-order valence-electron chi connectivity index (χ1n) is 7.78. The van der Waals surface area contributed by atoms with Gasteiger partial charge in [0.25, 0.3) is 0 Å². The number of hydrogen-bond donors (Lipinski definition) is 2. The minimum atomic E-state index is -0.231. The lowest BCUT2D eigenvalue weighted by molar-refractivity contribution is 0.625. The first-order chi connectivity index (χ1) is 11.1. The van der Waals surface area contributed by atoms with Crippen LogP contribution in [0, 0.1) is 19.7 Å². The van der Waals surface area contributed by atoms with Crippen molar-refractivity contribution < 1.29 is 4.39 Å². The van der Waals surface area contributed by atoms with Crippen molar-refractivity contribution in [1.29, 1.82) is 0 Å². The summed E-state index contributed by atoms with van der Waals surface area (Å²) < 4.78 is 13.2. The monoisotopic (exact) mass is 462 g/mol. The summed E-state index contributed by atoms with van der Waals surface area (Å²) in [5.41, 5.74) is 1.96. The van der Waals surface area contributed by atoms with Gasteiger partial charge in [-0.3, -0.25) is 0 Å². The number of aromatic nitrogens is 1. The number of aliphatic imine (C=N–C) groups is 1. The number of nitrogens with zero attached hydrogens (tertiary/aromatic N) is 2. The Morgan fingerprint density at radius 3 is 2.71 bits per heavy atom. The Hall–Kier alpha value is -1.22. The maximum Gasteiger partial charge on any atom is 0.191 e. The lowest BCUT2D eigenvalue weighted by Crippen LogP contribution is -2.38. The van der Waals surface area contributed by atoms with Gasteiger partial charge in [-0.25, -0.2) is 14.4 Å². The molecule has 0 radical (unpaired) electrons.